The number of nitrogens with zero attached hydrogens (tertiary/aromatic N) is 3. The highest BCUT2D eigenvalue weighted by Crippen LogP contribution is 2.27. The Morgan fingerprint density at radius 2 is 1.66 bits per heavy atom. The lowest BCUT2D eigenvalue weighted by Gasteiger charge is -2.19. The Balaban J connectivity index is 1.61. The number of ether oxygens (including phenoxy) is 2. The molecule has 0 saturated carbocycles. The van der Waals surface area contributed by atoms with Crippen LogP contribution in [0.2, 0.25) is 0 Å². The van der Waals surface area contributed by atoms with E-state index in [4.69, 9.17) is 13.9 Å². The zero-order valence-electron chi connectivity index (χ0n) is 19.7. The molecule has 9 nitrogen and oxygen atoms in total. The van der Waals surface area contributed by atoms with Crippen molar-refractivity contribution < 1.29 is 23.5 Å². The molecule has 0 aliphatic heterocycles. The van der Waals surface area contributed by atoms with Gasteiger partial charge in [0.1, 0.15) is 18.0 Å². The summed E-state index contributed by atoms with van der Waals surface area (Å²) in [5.41, 5.74) is 2.31. The molecular weight excluding hydrogens is 448 g/mol. The van der Waals surface area contributed by atoms with Crippen molar-refractivity contribution >= 4 is 17.8 Å². The topological polar surface area (TPSA) is 98.8 Å². The second kappa shape index (κ2) is 10.6. The first-order valence-electron chi connectivity index (χ1n) is 11.0. The predicted molar refractivity (Wildman–Crippen MR) is 131 cm³/mol. The summed E-state index contributed by atoms with van der Waals surface area (Å²) in [5, 5.41) is 2.85. The third kappa shape index (κ3) is 5.35. The molecule has 0 aliphatic rings. The fourth-order valence-corrected chi connectivity index (χ4v) is 3.53. The van der Waals surface area contributed by atoms with Crippen LogP contribution in [0.4, 0.5) is 5.95 Å². The van der Waals surface area contributed by atoms with Gasteiger partial charge in [-0.1, -0.05) is 0 Å². The largest absolute Gasteiger partial charge is 0.497 e. The van der Waals surface area contributed by atoms with Crippen molar-refractivity contribution in [3.8, 4) is 28.4 Å². The number of imidazole rings is 1. The first kappa shape index (κ1) is 23.6. The van der Waals surface area contributed by atoms with Gasteiger partial charge in [0.2, 0.25) is 11.9 Å². The van der Waals surface area contributed by atoms with E-state index in [1.807, 2.05) is 54.7 Å². The Morgan fingerprint density at radius 1 is 1.00 bits per heavy atom. The summed E-state index contributed by atoms with van der Waals surface area (Å²) in [4.78, 5) is 31.6. The van der Waals surface area contributed by atoms with E-state index in [0.29, 0.717) is 23.9 Å². The number of carbonyl (C=O) groups excluding carboxylic acids is 2. The van der Waals surface area contributed by atoms with Crippen LogP contribution in [0.5, 0.6) is 11.5 Å². The van der Waals surface area contributed by atoms with Crippen LogP contribution in [-0.2, 0) is 4.79 Å². The van der Waals surface area contributed by atoms with Crippen molar-refractivity contribution in [2.24, 2.45) is 0 Å². The van der Waals surface area contributed by atoms with Gasteiger partial charge in [0.25, 0.3) is 5.91 Å². The molecule has 1 N–H and O–H groups in total. The van der Waals surface area contributed by atoms with E-state index in [-0.39, 0.29) is 24.1 Å². The van der Waals surface area contributed by atoms with Crippen LogP contribution < -0.4 is 14.8 Å². The maximum absolute atomic E-state index is 12.9. The number of likely N-dealkylation sites (N-methyl/N-ethyl adjacent to an activating group) is 1. The minimum Gasteiger partial charge on any atom is -0.497 e. The predicted octanol–water partition coefficient (Wildman–Crippen LogP) is 4.25. The average molecular weight is 475 g/mol. The van der Waals surface area contributed by atoms with E-state index in [9.17, 15) is 9.59 Å². The van der Waals surface area contributed by atoms with Crippen LogP contribution in [0.15, 0.2) is 77.5 Å². The van der Waals surface area contributed by atoms with E-state index in [1.165, 1.54) is 11.2 Å². The highest BCUT2D eigenvalue weighted by Gasteiger charge is 2.21. The van der Waals surface area contributed by atoms with Crippen LogP contribution in [-0.4, -0.2) is 53.6 Å². The summed E-state index contributed by atoms with van der Waals surface area (Å²) < 4.78 is 17.5. The van der Waals surface area contributed by atoms with E-state index < -0.39 is 0 Å². The fraction of sp³-hybridized carbons (Fsp3) is 0.192. The number of carbonyl (C=O) groups is 2. The number of rotatable bonds is 9. The van der Waals surface area contributed by atoms with Gasteiger partial charge >= 0.3 is 0 Å². The number of furan rings is 1. The number of anilines is 1. The lowest BCUT2D eigenvalue weighted by molar-refractivity contribution is -0.116. The van der Waals surface area contributed by atoms with Gasteiger partial charge in [-0.05, 0) is 67.6 Å². The number of methoxy groups -OCH3 is 2. The molecule has 9 heteroatoms. The Kier molecular flexibility index (Phi) is 7.15. The monoisotopic (exact) mass is 474 g/mol. The van der Waals surface area contributed by atoms with Gasteiger partial charge in [0.05, 0.1) is 26.2 Å². The number of hydrogen-bond donors (Lipinski definition) is 1. The average Bonchev–Trinajstić information content (AvgIpc) is 3.58. The van der Waals surface area contributed by atoms with Gasteiger partial charge in [0.15, 0.2) is 5.76 Å². The van der Waals surface area contributed by atoms with Gasteiger partial charge < -0.3 is 18.8 Å². The molecule has 180 valence electrons. The van der Waals surface area contributed by atoms with Crippen LogP contribution in [0, 0.1) is 0 Å². The van der Waals surface area contributed by atoms with E-state index in [0.717, 1.165) is 17.0 Å². The summed E-state index contributed by atoms with van der Waals surface area (Å²) in [6.07, 6.45) is 3.26. The van der Waals surface area contributed by atoms with Crippen LogP contribution in [0.3, 0.4) is 0 Å². The lowest BCUT2D eigenvalue weighted by atomic mass is 10.1. The highest BCUT2D eigenvalue weighted by atomic mass is 16.5. The normalized spacial score (nSPS) is 10.6. The molecule has 0 radical (unpaired) electrons. The van der Waals surface area contributed by atoms with Gasteiger partial charge in [-0.3, -0.25) is 19.5 Å². The molecule has 0 fully saturated rings. The molecule has 0 saturated heterocycles. The molecular formula is C26H26N4O5. The first-order valence-corrected chi connectivity index (χ1v) is 11.0. The Morgan fingerprint density at radius 3 is 2.23 bits per heavy atom. The summed E-state index contributed by atoms with van der Waals surface area (Å²) in [6, 6.07) is 18.1. The number of nitrogens with one attached hydrogen (secondary N) is 1. The second-order valence-electron chi connectivity index (χ2n) is 7.59. The summed E-state index contributed by atoms with van der Waals surface area (Å²) in [7, 11) is 3.21. The molecule has 4 aromatic rings. The van der Waals surface area contributed by atoms with E-state index in [1.54, 1.807) is 37.8 Å². The molecule has 0 unspecified atom stereocenters. The van der Waals surface area contributed by atoms with Crippen molar-refractivity contribution in [3.63, 3.8) is 0 Å². The van der Waals surface area contributed by atoms with Gasteiger partial charge in [-0.25, -0.2) is 4.98 Å². The highest BCUT2D eigenvalue weighted by molar-refractivity contribution is 5.97. The maximum atomic E-state index is 12.9. The molecule has 2 aromatic carbocycles. The quantitative estimate of drug-likeness (QED) is 0.389. The summed E-state index contributed by atoms with van der Waals surface area (Å²) in [5.74, 6) is 1.22. The smallest absolute Gasteiger partial charge is 0.290 e. The molecule has 0 spiro atoms. The molecule has 4 rings (SSSR count). The minimum atomic E-state index is -0.381. The fourth-order valence-electron chi connectivity index (χ4n) is 3.53. The standard InChI is InChI=1S/C26H26N4O5/c1-4-29(25(32)23-6-5-15-35-23)17-24(31)28-26-27-22(18-7-11-20(33-2)12-8-18)16-30(26)19-9-13-21(34-3)14-10-19/h5-16H,4,17H2,1-3H3,(H,27,28,31). The Hall–Kier alpha value is -4.53. The van der Waals surface area contributed by atoms with Gasteiger partial charge in [-0.15, -0.1) is 0 Å². The van der Waals surface area contributed by atoms with Crippen LogP contribution in [0.25, 0.3) is 16.9 Å². The molecule has 0 atom stereocenters. The Labute approximate surface area is 202 Å². The lowest BCUT2D eigenvalue weighted by Crippen LogP contribution is -2.38. The summed E-state index contributed by atoms with van der Waals surface area (Å²) >= 11 is 0. The van der Waals surface area contributed by atoms with Crippen LogP contribution in [0.1, 0.15) is 17.5 Å². The zero-order valence-corrected chi connectivity index (χ0v) is 19.7. The Bertz CT molecular complexity index is 1280. The SMILES string of the molecule is CCN(CC(=O)Nc1nc(-c2ccc(OC)cc2)cn1-c1ccc(OC)cc1)C(=O)c1ccco1. The molecule has 2 aromatic heterocycles. The second-order valence-corrected chi connectivity index (χ2v) is 7.59. The van der Waals surface area contributed by atoms with Gasteiger partial charge in [0, 0.05) is 24.0 Å². The first-order chi connectivity index (χ1) is 17.0. The summed E-state index contributed by atoms with van der Waals surface area (Å²) in [6.45, 7) is 1.99. The van der Waals surface area contributed by atoms with Gasteiger partial charge in [-0.2, -0.15) is 0 Å². The van der Waals surface area contributed by atoms with Crippen molar-refractivity contribution in [1.82, 2.24) is 14.5 Å². The minimum absolute atomic E-state index is 0.149. The van der Waals surface area contributed by atoms with Crippen molar-refractivity contribution in [3.05, 3.63) is 78.9 Å². The number of benzene rings is 2. The maximum Gasteiger partial charge on any atom is 0.290 e. The number of aromatic nitrogens is 2. The molecule has 0 bridgehead atoms. The van der Waals surface area contributed by atoms with E-state index in [2.05, 4.69) is 10.3 Å². The molecule has 35 heavy (non-hydrogen) atoms. The van der Waals surface area contributed by atoms with Crippen molar-refractivity contribution in [2.45, 2.75) is 6.92 Å². The third-order valence-corrected chi connectivity index (χ3v) is 5.43. The number of amides is 2. The molecule has 0 aliphatic carbocycles. The van der Waals surface area contributed by atoms with E-state index >= 15 is 0 Å². The molecule has 2 amide bonds. The molecule has 2 heterocycles. The van der Waals surface area contributed by atoms with Crippen molar-refractivity contribution in [2.75, 3.05) is 32.6 Å². The third-order valence-electron chi connectivity index (χ3n) is 5.43. The zero-order chi connectivity index (χ0) is 24.8. The van der Waals surface area contributed by atoms with Crippen LogP contribution >= 0.6 is 0 Å². The number of hydrogen-bond acceptors (Lipinski definition) is 6. The van der Waals surface area contributed by atoms with Crippen molar-refractivity contribution in [1.29, 1.82) is 0 Å².